The van der Waals surface area contributed by atoms with Crippen LogP contribution in [-0.2, 0) is 6.54 Å². The average molecular weight is 248 g/mol. The normalized spacial score (nSPS) is 19.3. The second kappa shape index (κ2) is 5.00. The van der Waals surface area contributed by atoms with Crippen molar-refractivity contribution in [3.05, 3.63) is 11.9 Å². The molecule has 98 valence electrons. The summed E-state index contributed by atoms with van der Waals surface area (Å²) in [5, 5.41) is 6.21. The summed E-state index contributed by atoms with van der Waals surface area (Å²) in [6.07, 6.45) is 8.06. The van der Waals surface area contributed by atoms with Crippen LogP contribution in [0, 0.1) is 5.92 Å². The predicted octanol–water partition coefficient (Wildman–Crippen LogP) is 1.62. The summed E-state index contributed by atoms with van der Waals surface area (Å²) < 4.78 is 2.02. The monoisotopic (exact) mass is 248 g/mol. The first-order chi connectivity index (χ1) is 8.83. The van der Waals surface area contributed by atoms with E-state index in [9.17, 15) is 4.79 Å². The first-order valence-electron chi connectivity index (χ1n) is 6.92. The molecule has 1 aliphatic carbocycles. The number of carbonyl (C=O) groups is 1. The summed E-state index contributed by atoms with van der Waals surface area (Å²) in [6.45, 7) is 2.69. The second-order valence-corrected chi connectivity index (χ2v) is 5.28. The van der Waals surface area contributed by atoms with Crippen LogP contribution < -0.4 is 10.6 Å². The van der Waals surface area contributed by atoms with Gasteiger partial charge in [0.25, 0.3) is 5.91 Å². The molecule has 0 saturated heterocycles. The molecule has 1 saturated carbocycles. The van der Waals surface area contributed by atoms with E-state index in [4.69, 9.17) is 0 Å². The number of amides is 1. The molecule has 5 nitrogen and oxygen atoms in total. The van der Waals surface area contributed by atoms with Crippen molar-refractivity contribution in [2.45, 2.75) is 38.6 Å². The molecular weight excluding hydrogens is 228 g/mol. The van der Waals surface area contributed by atoms with Crippen LogP contribution in [0.4, 0.5) is 5.95 Å². The number of hydrogen-bond donors (Lipinski definition) is 2. The standard InChI is InChI=1S/C13H20N4O/c18-12(15-8-10-4-1-2-5-10)11-9-17-7-3-6-14-13(17)16-11/h9-10H,1-8H2,(H,14,16)(H,15,18). The third-order valence-corrected chi connectivity index (χ3v) is 3.89. The molecule has 0 radical (unpaired) electrons. The van der Waals surface area contributed by atoms with Crippen LogP contribution in [0.25, 0.3) is 0 Å². The van der Waals surface area contributed by atoms with Crippen molar-refractivity contribution in [3.63, 3.8) is 0 Å². The third kappa shape index (κ3) is 2.35. The number of nitrogens with zero attached hydrogens (tertiary/aromatic N) is 2. The summed E-state index contributed by atoms with van der Waals surface area (Å²) in [7, 11) is 0. The van der Waals surface area contributed by atoms with E-state index in [0.717, 1.165) is 32.0 Å². The van der Waals surface area contributed by atoms with E-state index >= 15 is 0 Å². The lowest BCUT2D eigenvalue weighted by molar-refractivity contribution is 0.0943. The van der Waals surface area contributed by atoms with Crippen LogP contribution in [0.15, 0.2) is 6.20 Å². The molecule has 18 heavy (non-hydrogen) atoms. The maximum atomic E-state index is 12.0. The highest BCUT2D eigenvalue weighted by Gasteiger charge is 2.19. The Hall–Kier alpha value is -1.52. The fourth-order valence-electron chi connectivity index (χ4n) is 2.83. The van der Waals surface area contributed by atoms with Crippen molar-refractivity contribution in [1.82, 2.24) is 14.9 Å². The molecule has 2 aliphatic rings. The Morgan fingerprint density at radius 2 is 2.28 bits per heavy atom. The molecular formula is C13H20N4O. The molecule has 1 fully saturated rings. The first-order valence-corrected chi connectivity index (χ1v) is 6.92. The van der Waals surface area contributed by atoms with Gasteiger partial charge in [0.05, 0.1) is 0 Å². The molecule has 3 rings (SSSR count). The molecule has 1 aromatic heterocycles. The average Bonchev–Trinajstić information content (AvgIpc) is 3.04. The third-order valence-electron chi connectivity index (χ3n) is 3.89. The molecule has 0 aromatic carbocycles. The van der Waals surface area contributed by atoms with Gasteiger partial charge in [-0.1, -0.05) is 12.8 Å². The smallest absolute Gasteiger partial charge is 0.271 e. The number of aryl methyl sites for hydroxylation is 1. The van der Waals surface area contributed by atoms with E-state index in [-0.39, 0.29) is 5.91 Å². The van der Waals surface area contributed by atoms with Gasteiger partial charge in [0.2, 0.25) is 5.95 Å². The van der Waals surface area contributed by atoms with E-state index in [1.54, 1.807) is 0 Å². The Morgan fingerprint density at radius 1 is 1.44 bits per heavy atom. The zero-order chi connectivity index (χ0) is 12.4. The molecule has 2 heterocycles. The Morgan fingerprint density at radius 3 is 3.06 bits per heavy atom. The Labute approximate surface area is 107 Å². The number of nitrogens with one attached hydrogen (secondary N) is 2. The summed E-state index contributed by atoms with van der Waals surface area (Å²) in [5.74, 6) is 1.46. The highest BCUT2D eigenvalue weighted by Crippen LogP contribution is 2.23. The van der Waals surface area contributed by atoms with Gasteiger partial charge in [0.1, 0.15) is 5.69 Å². The lowest BCUT2D eigenvalue weighted by Gasteiger charge is -2.14. The molecule has 0 bridgehead atoms. The van der Waals surface area contributed by atoms with E-state index in [1.165, 1.54) is 25.7 Å². The summed E-state index contributed by atoms with van der Waals surface area (Å²) >= 11 is 0. The lowest BCUT2D eigenvalue weighted by Crippen LogP contribution is -2.28. The Bertz CT molecular complexity index is 411. The number of fused-ring (bicyclic) bond motifs is 1. The number of hydrogen-bond acceptors (Lipinski definition) is 3. The Kier molecular flexibility index (Phi) is 3.21. The van der Waals surface area contributed by atoms with Crippen molar-refractivity contribution in [3.8, 4) is 0 Å². The van der Waals surface area contributed by atoms with Gasteiger partial charge in [-0.2, -0.15) is 0 Å². The minimum atomic E-state index is -0.0365. The SMILES string of the molecule is O=C(NCC1CCCC1)c1cn2c(n1)NCCC2. The molecule has 2 N–H and O–H groups in total. The van der Waals surface area contributed by atoms with Crippen LogP contribution in [-0.4, -0.2) is 28.5 Å². The van der Waals surface area contributed by atoms with Gasteiger partial charge in [-0.15, -0.1) is 0 Å². The van der Waals surface area contributed by atoms with Gasteiger partial charge in [-0.25, -0.2) is 4.98 Å². The van der Waals surface area contributed by atoms with Gasteiger partial charge in [0.15, 0.2) is 0 Å². The van der Waals surface area contributed by atoms with Crippen molar-refractivity contribution in [1.29, 1.82) is 0 Å². The molecule has 5 heteroatoms. The molecule has 1 aliphatic heterocycles. The largest absolute Gasteiger partial charge is 0.356 e. The zero-order valence-electron chi connectivity index (χ0n) is 10.6. The first kappa shape index (κ1) is 11.6. The lowest BCUT2D eigenvalue weighted by atomic mass is 10.1. The van der Waals surface area contributed by atoms with E-state index in [0.29, 0.717) is 11.6 Å². The van der Waals surface area contributed by atoms with Crippen molar-refractivity contribution in [2.24, 2.45) is 5.92 Å². The van der Waals surface area contributed by atoms with E-state index in [1.807, 2.05) is 10.8 Å². The predicted molar refractivity (Wildman–Crippen MR) is 69.6 cm³/mol. The molecule has 0 unspecified atom stereocenters. The maximum absolute atomic E-state index is 12.0. The fraction of sp³-hybridized carbons (Fsp3) is 0.692. The van der Waals surface area contributed by atoms with Gasteiger partial charge in [-0.05, 0) is 25.2 Å². The van der Waals surface area contributed by atoms with Crippen LogP contribution in [0.5, 0.6) is 0 Å². The Balaban J connectivity index is 1.59. The fourth-order valence-corrected chi connectivity index (χ4v) is 2.83. The number of aromatic nitrogens is 2. The van der Waals surface area contributed by atoms with E-state index in [2.05, 4.69) is 15.6 Å². The van der Waals surface area contributed by atoms with Gasteiger partial charge < -0.3 is 15.2 Å². The quantitative estimate of drug-likeness (QED) is 0.854. The van der Waals surface area contributed by atoms with Gasteiger partial charge in [0, 0.05) is 25.8 Å². The van der Waals surface area contributed by atoms with Gasteiger partial charge in [-0.3, -0.25) is 4.79 Å². The van der Waals surface area contributed by atoms with E-state index < -0.39 is 0 Å². The number of carbonyl (C=O) groups excluding carboxylic acids is 1. The molecule has 0 spiro atoms. The topological polar surface area (TPSA) is 59.0 Å². The zero-order valence-corrected chi connectivity index (χ0v) is 10.6. The summed E-state index contributed by atoms with van der Waals surface area (Å²) in [4.78, 5) is 16.3. The minimum Gasteiger partial charge on any atom is -0.356 e. The number of rotatable bonds is 3. The second-order valence-electron chi connectivity index (χ2n) is 5.28. The van der Waals surface area contributed by atoms with Crippen LogP contribution in [0.3, 0.4) is 0 Å². The highest BCUT2D eigenvalue weighted by atomic mass is 16.1. The van der Waals surface area contributed by atoms with Gasteiger partial charge >= 0.3 is 0 Å². The summed E-state index contributed by atoms with van der Waals surface area (Å²) in [6, 6.07) is 0. The molecule has 0 atom stereocenters. The van der Waals surface area contributed by atoms with Crippen molar-refractivity contribution in [2.75, 3.05) is 18.4 Å². The highest BCUT2D eigenvalue weighted by molar-refractivity contribution is 5.92. The van der Waals surface area contributed by atoms with Crippen LogP contribution in [0.1, 0.15) is 42.6 Å². The van der Waals surface area contributed by atoms with Crippen LogP contribution in [0.2, 0.25) is 0 Å². The molecule has 1 amide bonds. The maximum Gasteiger partial charge on any atom is 0.271 e. The minimum absolute atomic E-state index is 0.0365. The van der Waals surface area contributed by atoms with Crippen molar-refractivity contribution < 1.29 is 4.79 Å². The number of anilines is 1. The van der Waals surface area contributed by atoms with Crippen LogP contribution >= 0.6 is 0 Å². The summed E-state index contributed by atoms with van der Waals surface area (Å²) in [5.41, 5.74) is 0.539. The number of imidazole rings is 1. The molecule has 1 aromatic rings. The van der Waals surface area contributed by atoms with Crippen molar-refractivity contribution >= 4 is 11.9 Å².